The van der Waals surface area contributed by atoms with Crippen LogP contribution in [0.1, 0.15) is 18.5 Å². The summed E-state index contributed by atoms with van der Waals surface area (Å²) in [7, 11) is 4.82. The van der Waals surface area contributed by atoms with Crippen molar-refractivity contribution in [3.05, 3.63) is 48.0 Å². The number of rotatable bonds is 10. The molecule has 2 N–H and O–H groups in total. The number of carbonyl (C=O) groups excluding carboxylic acids is 1. The summed E-state index contributed by atoms with van der Waals surface area (Å²) in [6.07, 6.45) is 0. The van der Waals surface area contributed by atoms with Crippen molar-refractivity contribution in [3.8, 4) is 17.2 Å². The van der Waals surface area contributed by atoms with E-state index in [-0.39, 0.29) is 17.7 Å². The number of nitrogens with one attached hydrogen (secondary N) is 2. The third-order valence-corrected chi connectivity index (χ3v) is 6.31. The lowest BCUT2D eigenvalue weighted by Gasteiger charge is -2.18. The first-order valence-electron chi connectivity index (χ1n) is 9.41. The molecule has 0 bridgehead atoms. The van der Waals surface area contributed by atoms with E-state index in [0.29, 0.717) is 21.0 Å². The predicted molar refractivity (Wildman–Crippen MR) is 123 cm³/mol. The number of nitrogens with zero attached hydrogens (tertiary/aromatic N) is 2. The number of methoxy groups -OCH3 is 3. The molecular formula is C21H24N4O4S2. The fourth-order valence-corrected chi connectivity index (χ4v) is 4.39. The molecule has 8 nitrogen and oxygen atoms in total. The van der Waals surface area contributed by atoms with Gasteiger partial charge in [0.05, 0.1) is 33.1 Å². The first kappa shape index (κ1) is 22.7. The van der Waals surface area contributed by atoms with E-state index < -0.39 is 0 Å². The Bertz CT molecular complexity index is 1030. The second-order valence-electron chi connectivity index (χ2n) is 6.42. The number of benzene rings is 2. The number of hydrogen-bond donors (Lipinski definition) is 2. The Hall–Kier alpha value is -2.98. The maximum absolute atomic E-state index is 12.4. The van der Waals surface area contributed by atoms with Crippen LogP contribution >= 0.6 is 23.1 Å². The van der Waals surface area contributed by atoms with Gasteiger partial charge in [0.1, 0.15) is 17.2 Å². The number of anilines is 2. The molecule has 1 heterocycles. The number of amides is 1. The molecule has 1 aromatic heterocycles. The maximum atomic E-state index is 12.4. The van der Waals surface area contributed by atoms with E-state index in [1.54, 1.807) is 21.3 Å². The van der Waals surface area contributed by atoms with E-state index in [2.05, 4.69) is 20.8 Å². The van der Waals surface area contributed by atoms with E-state index in [1.807, 2.05) is 49.4 Å². The Labute approximate surface area is 189 Å². The molecule has 0 radical (unpaired) electrons. The highest BCUT2D eigenvalue weighted by Crippen LogP contribution is 2.31. The van der Waals surface area contributed by atoms with Gasteiger partial charge >= 0.3 is 0 Å². The minimum Gasteiger partial charge on any atom is -0.497 e. The smallest absolute Gasteiger partial charge is 0.230 e. The van der Waals surface area contributed by atoms with Crippen molar-refractivity contribution in [1.29, 1.82) is 0 Å². The van der Waals surface area contributed by atoms with E-state index in [4.69, 9.17) is 14.2 Å². The zero-order valence-corrected chi connectivity index (χ0v) is 19.3. The summed E-state index contributed by atoms with van der Waals surface area (Å²) < 4.78 is 16.6. The Morgan fingerprint density at radius 2 is 1.84 bits per heavy atom. The summed E-state index contributed by atoms with van der Waals surface area (Å²) >= 11 is 2.72. The van der Waals surface area contributed by atoms with Gasteiger partial charge in [-0.05, 0) is 37.3 Å². The molecule has 0 aliphatic rings. The largest absolute Gasteiger partial charge is 0.497 e. The van der Waals surface area contributed by atoms with Crippen LogP contribution in [-0.2, 0) is 4.79 Å². The average molecular weight is 461 g/mol. The molecule has 1 amide bonds. The van der Waals surface area contributed by atoms with Gasteiger partial charge in [-0.3, -0.25) is 4.79 Å². The van der Waals surface area contributed by atoms with Crippen LogP contribution < -0.4 is 24.8 Å². The highest BCUT2D eigenvalue weighted by atomic mass is 32.2. The van der Waals surface area contributed by atoms with Gasteiger partial charge in [0, 0.05) is 17.3 Å². The predicted octanol–water partition coefficient (Wildman–Crippen LogP) is 4.28. The first-order valence-corrected chi connectivity index (χ1v) is 11.2. The molecule has 31 heavy (non-hydrogen) atoms. The molecule has 164 valence electrons. The molecule has 0 aliphatic heterocycles. The normalized spacial score (nSPS) is 11.5. The van der Waals surface area contributed by atoms with Crippen LogP contribution in [0, 0.1) is 0 Å². The lowest BCUT2D eigenvalue weighted by molar-refractivity contribution is -0.119. The zero-order valence-electron chi connectivity index (χ0n) is 17.7. The molecule has 0 fully saturated rings. The topological polar surface area (TPSA) is 94.6 Å². The van der Waals surface area contributed by atoms with Gasteiger partial charge in [-0.2, -0.15) is 0 Å². The van der Waals surface area contributed by atoms with Crippen LogP contribution in [0.3, 0.4) is 0 Å². The second kappa shape index (κ2) is 10.9. The average Bonchev–Trinajstić information content (AvgIpc) is 3.24. The van der Waals surface area contributed by atoms with E-state index in [0.717, 1.165) is 17.0 Å². The summed E-state index contributed by atoms with van der Waals surface area (Å²) in [5.41, 5.74) is 1.70. The summed E-state index contributed by atoms with van der Waals surface area (Å²) in [6.45, 7) is 1.90. The Kier molecular flexibility index (Phi) is 7.96. The van der Waals surface area contributed by atoms with Crippen LogP contribution in [0.25, 0.3) is 0 Å². The van der Waals surface area contributed by atoms with Gasteiger partial charge < -0.3 is 24.8 Å². The fraction of sp³-hybridized carbons (Fsp3) is 0.286. The van der Waals surface area contributed by atoms with Crippen molar-refractivity contribution in [1.82, 2.24) is 15.5 Å². The number of carbonyl (C=O) groups is 1. The van der Waals surface area contributed by atoms with Crippen molar-refractivity contribution < 1.29 is 19.0 Å². The maximum Gasteiger partial charge on any atom is 0.230 e. The number of thioether (sulfide) groups is 1. The lowest BCUT2D eigenvalue weighted by Crippen LogP contribution is -2.28. The van der Waals surface area contributed by atoms with Gasteiger partial charge in [0.2, 0.25) is 11.0 Å². The molecule has 0 aliphatic carbocycles. The summed E-state index contributed by atoms with van der Waals surface area (Å²) in [5, 5.41) is 15.1. The minimum atomic E-state index is -0.238. The van der Waals surface area contributed by atoms with E-state index in [9.17, 15) is 4.79 Å². The quantitative estimate of drug-likeness (QED) is 0.433. The molecule has 3 rings (SSSR count). The van der Waals surface area contributed by atoms with Crippen LogP contribution in [0.4, 0.5) is 10.8 Å². The molecular weight excluding hydrogens is 436 g/mol. The summed E-state index contributed by atoms with van der Waals surface area (Å²) in [6, 6.07) is 12.8. The molecule has 0 saturated carbocycles. The molecule has 2 aromatic carbocycles. The van der Waals surface area contributed by atoms with Crippen LogP contribution in [0.15, 0.2) is 46.8 Å². The van der Waals surface area contributed by atoms with Crippen molar-refractivity contribution >= 4 is 39.8 Å². The number of ether oxygens (including phenoxy) is 3. The fourth-order valence-electron chi connectivity index (χ4n) is 2.81. The molecule has 10 heteroatoms. The van der Waals surface area contributed by atoms with Crippen LogP contribution in [0.2, 0.25) is 0 Å². The first-order chi connectivity index (χ1) is 15.0. The second-order valence-corrected chi connectivity index (χ2v) is 8.62. The number of hydrogen-bond acceptors (Lipinski definition) is 9. The van der Waals surface area contributed by atoms with Crippen molar-refractivity contribution in [2.75, 3.05) is 32.4 Å². The van der Waals surface area contributed by atoms with E-state index in [1.165, 1.54) is 23.1 Å². The Balaban J connectivity index is 1.54. The molecule has 1 atom stereocenters. The van der Waals surface area contributed by atoms with Crippen molar-refractivity contribution in [2.24, 2.45) is 0 Å². The molecule has 1 unspecified atom stereocenters. The molecule has 0 spiro atoms. The highest BCUT2D eigenvalue weighted by molar-refractivity contribution is 8.01. The van der Waals surface area contributed by atoms with Gasteiger partial charge in [-0.15, -0.1) is 10.2 Å². The lowest BCUT2D eigenvalue weighted by atomic mass is 10.1. The van der Waals surface area contributed by atoms with Crippen LogP contribution in [-0.4, -0.2) is 43.2 Å². The highest BCUT2D eigenvalue weighted by Gasteiger charge is 2.16. The van der Waals surface area contributed by atoms with Crippen molar-refractivity contribution in [3.63, 3.8) is 0 Å². The van der Waals surface area contributed by atoms with Gasteiger partial charge in [-0.1, -0.05) is 29.2 Å². The third-order valence-electron chi connectivity index (χ3n) is 4.34. The summed E-state index contributed by atoms with van der Waals surface area (Å²) in [5.74, 6) is 2.27. The summed E-state index contributed by atoms with van der Waals surface area (Å²) in [4.78, 5) is 12.4. The Morgan fingerprint density at radius 1 is 1.06 bits per heavy atom. The van der Waals surface area contributed by atoms with E-state index >= 15 is 0 Å². The van der Waals surface area contributed by atoms with Gasteiger partial charge in [0.25, 0.3) is 0 Å². The van der Waals surface area contributed by atoms with Crippen LogP contribution in [0.5, 0.6) is 17.2 Å². The monoisotopic (exact) mass is 460 g/mol. The van der Waals surface area contributed by atoms with Gasteiger partial charge in [0.15, 0.2) is 4.34 Å². The Morgan fingerprint density at radius 3 is 2.58 bits per heavy atom. The SMILES string of the molecule is COc1cccc(Nc2nnc(SCC(=O)NC(C)c3cc(OC)ccc3OC)s2)c1. The number of aromatic nitrogens is 2. The zero-order chi connectivity index (χ0) is 22.2. The van der Waals surface area contributed by atoms with Crippen molar-refractivity contribution in [2.45, 2.75) is 17.3 Å². The molecule has 3 aromatic rings. The minimum absolute atomic E-state index is 0.111. The molecule has 0 saturated heterocycles. The van der Waals surface area contributed by atoms with Gasteiger partial charge in [-0.25, -0.2) is 0 Å². The third kappa shape index (κ3) is 6.25. The standard InChI is InChI=1S/C21H24N4O4S2/c1-13(17-11-16(28-3)8-9-18(17)29-4)22-19(26)12-30-21-25-24-20(31-21)23-14-6-5-7-15(10-14)27-2/h5-11,13H,12H2,1-4H3,(H,22,26)(H,23,24).